The van der Waals surface area contributed by atoms with E-state index in [0.717, 1.165) is 13.1 Å². The van der Waals surface area contributed by atoms with Crippen molar-refractivity contribution in [1.29, 1.82) is 0 Å². The van der Waals surface area contributed by atoms with Crippen molar-refractivity contribution in [3.63, 3.8) is 0 Å². The summed E-state index contributed by atoms with van der Waals surface area (Å²) in [4.78, 5) is 2.28. The van der Waals surface area contributed by atoms with Gasteiger partial charge in [0.1, 0.15) is 0 Å². The zero-order valence-corrected chi connectivity index (χ0v) is 11.8. The first-order valence-electron chi connectivity index (χ1n) is 6.98. The van der Waals surface area contributed by atoms with E-state index in [4.69, 9.17) is 5.73 Å². The molecule has 102 valence electrons. The molecule has 1 fully saturated rings. The molecule has 0 saturated heterocycles. The van der Waals surface area contributed by atoms with Crippen molar-refractivity contribution in [3.05, 3.63) is 0 Å². The van der Waals surface area contributed by atoms with Crippen molar-refractivity contribution >= 4 is 0 Å². The second kappa shape index (κ2) is 6.17. The molecule has 0 aromatic rings. The first-order valence-corrected chi connectivity index (χ1v) is 6.98. The monoisotopic (exact) mass is 242 g/mol. The fourth-order valence-corrected chi connectivity index (χ4v) is 2.74. The molecular formula is C14H30N2O. The quantitative estimate of drug-likeness (QED) is 0.725. The lowest BCUT2D eigenvalue weighted by atomic mass is 9.79. The van der Waals surface area contributed by atoms with Crippen molar-refractivity contribution in [2.45, 2.75) is 57.9 Å². The number of aliphatic hydroxyl groups is 1. The van der Waals surface area contributed by atoms with E-state index in [0.29, 0.717) is 0 Å². The predicted octanol–water partition coefficient (Wildman–Crippen LogP) is 1.99. The van der Waals surface area contributed by atoms with Gasteiger partial charge in [-0.1, -0.05) is 25.7 Å². The highest BCUT2D eigenvalue weighted by Crippen LogP contribution is 2.35. The van der Waals surface area contributed by atoms with Crippen LogP contribution in [0.25, 0.3) is 0 Å². The minimum absolute atomic E-state index is 0.144. The molecule has 17 heavy (non-hydrogen) atoms. The highest BCUT2D eigenvalue weighted by atomic mass is 16.3. The van der Waals surface area contributed by atoms with Gasteiger partial charge in [-0.15, -0.1) is 0 Å². The van der Waals surface area contributed by atoms with E-state index in [-0.39, 0.29) is 17.6 Å². The van der Waals surface area contributed by atoms with Crippen molar-refractivity contribution < 1.29 is 5.11 Å². The molecule has 1 aliphatic carbocycles. The molecule has 0 amide bonds. The topological polar surface area (TPSA) is 49.5 Å². The Morgan fingerprint density at radius 1 is 1.18 bits per heavy atom. The van der Waals surface area contributed by atoms with Crippen LogP contribution in [-0.2, 0) is 0 Å². The Hall–Kier alpha value is -0.120. The van der Waals surface area contributed by atoms with E-state index < -0.39 is 0 Å². The van der Waals surface area contributed by atoms with Crippen LogP contribution < -0.4 is 5.73 Å². The molecule has 3 heteroatoms. The van der Waals surface area contributed by atoms with Crippen LogP contribution in [0.2, 0.25) is 0 Å². The summed E-state index contributed by atoms with van der Waals surface area (Å²) in [6.45, 7) is 6.17. The summed E-state index contributed by atoms with van der Waals surface area (Å²) in [7, 11) is 2.11. The summed E-state index contributed by atoms with van der Waals surface area (Å²) >= 11 is 0. The molecular weight excluding hydrogens is 212 g/mol. The van der Waals surface area contributed by atoms with Gasteiger partial charge in [0, 0.05) is 12.1 Å². The molecule has 0 aromatic heterocycles. The predicted molar refractivity (Wildman–Crippen MR) is 73.0 cm³/mol. The van der Waals surface area contributed by atoms with Gasteiger partial charge < -0.3 is 10.8 Å². The van der Waals surface area contributed by atoms with Gasteiger partial charge in [-0.3, -0.25) is 4.90 Å². The van der Waals surface area contributed by atoms with Gasteiger partial charge in [0.25, 0.3) is 0 Å². The van der Waals surface area contributed by atoms with Crippen molar-refractivity contribution in [3.8, 4) is 0 Å². The third-order valence-corrected chi connectivity index (χ3v) is 4.59. The Balaban J connectivity index is 2.67. The Kier molecular flexibility index (Phi) is 5.42. The summed E-state index contributed by atoms with van der Waals surface area (Å²) in [5, 5.41) is 9.43. The standard InChI is InChI=1S/C14H30N2O/c1-13(2,12-17)16(3)11-14(10-15)8-6-4-5-7-9-14/h17H,4-12,15H2,1-3H3. The zero-order valence-electron chi connectivity index (χ0n) is 11.8. The minimum Gasteiger partial charge on any atom is -0.394 e. The van der Waals surface area contributed by atoms with E-state index in [2.05, 4.69) is 25.8 Å². The van der Waals surface area contributed by atoms with Crippen LogP contribution in [0.5, 0.6) is 0 Å². The molecule has 0 aliphatic heterocycles. The highest BCUT2D eigenvalue weighted by Gasteiger charge is 2.34. The molecule has 1 rings (SSSR count). The van der Waals surface area contributed by atoms with Crippen LogP contribution in [0, 0.1) is 5.41 Å². The third-order valence-electron chi connectivity index (χ3n) is 4.59. The van der Waals surface area contributed by atoms with Crippen molar-refractivity contribution in [2.24, 2.45) is 11.1 Å². The average Bonchev–Trinajstić information content (AvgIpc) is 2.55. The second-order valence-corrected chi connectivity index (χ2v) is 6.44. The lowest BCUT2D eigenvalue weighted by Gasteiger charge is -2.42. The molecule has 0 bridgehead atoms. The van der Waals surface area contributed by atoms with Gasteiger partial charge in [0.2, 0.25) is 0 Å². The molecule has 0 spiro atoms. The van der Waals surface area contributed by atoms with E-state index >= 15 is 0 Å². The van der Waals surface area contributed by atoms with Crippen LogP contribution in [-0.4, -0.2) is 42.3 Å². The molecule has 0 atom stereocenters. The van der Waals surface area contributed by atoms with Gasteiger partial charge in [-0.2, -0.15) is 0 Å². The van der Waals surface area contributed by atoms with E-state index in [1.807, 2.05) is 0 Å². The molecule has 1 aliphatic rings. The Bertz CT molecular complexity index is 220. The lowest BCUT2D eigenvalue weighted by Crippen LogP contribution is -2.51. The Labute approximate surface area is 106 Å². The van der Waals surface area contributed by atoms with Crippen LogP contribution in [0.4, 0.5) is 0 Å². The van der Waals surface area contributed by atoms with Crippen LogP contribution in [0.15, 0.2) is 0 Å². The average molecular weight is 242 g/mol. The highest BCUT2D eigenvalue weighted by molar-refractivity contribution is 4.89. The Morgan fingerprint density at radius 2 is 1.71 bits per heavy atom. The van der Waals surface area contributed by atoms with Gasteiger partial charge in [0.05, 0.1) is 6.61 Å². The summed E-state index contributed by atoms with van der Waals surface area (Å²) in [6, 6.07) is 0. The SMILES string of the molecule is CN(CC1(CN)CCCCCC1)C(C)(C)CO. The van der Waals surface area contributed by atoms with Crippen LogP contribution >= 0.6 is 0 Å². The van der Waals surface area contributed by atoms with E-state index in [1.165, 1.54) is 38.5 Å². The number of nitrogens with zero attached hydrogens (tertiary/aromatic N) is 1. The molecule has 3 nitrogen and oxygen atoms in total. The maximum atomic E-state index is 9.43. The maximum Gasteiger partial charge on any atom is 0.0609 e. The van der Waals surface area contributed by atoms with Gasteiger partial charge >= 0.3 is 0 Å². The molecule has 0 heterocycles. The van der Waals surface area contributed by atoms with E-state index in [9.17, 15) is 5.11 Å². The summed E-state index contributed by atoms with van der Waals surface area (Å²) in [5.41, 5.74) is 6.18. The largest absolute Gasteiger partial charge is 0.394 e. The zero-order chi connectivity index (χ0) is 12.9. The Morgan fingerprint density at radius 3 is 2.12 bits per heavy atom. The third kappa shape index (κ3) is 3.94. The maximum absolute atomic E-state index is 9.43. The molecule has 0 unspecified atom stereocenters. The minimum atomic E-state index is -0.144. The normalized spacial score (nSPS) is 21.5. The van der Waals surface area contributed by atoms with Crippen LogP contribution in [0.3, 0.4) is 0 Å². The summed E-state index contributed by atoms with van der Waals surface area (Å²) in [5.74, 6) is 0. The number of nitrogens with two attached hydrogens (primary N) is 1. The first kappa shape index (κ1) is 14.9. The van der Waals surface area contributed by atoms with Crippen molar-refractivity contribution in [2.75, 3.05) is 26.7 Å². The van der Waals surface area contributed by atoms with E-state index in [1.54, 1.807) is 0 Å². The summed E-state index contributed by atoms with van der Waals surface area (Å²) in [6.07, 6.45) is 7.82. The van der Waals surface area contributed by atoms with Gasteiger partial charge in [-0.05, 0) is 45.7 Å². The fraction of sp³-hybridized carbons (Fsp3) is 1.00. The smallest absolute Gasteiger partial charge is 0.0609 e. The number of likely N-dealkylation sites (N-methyl/N-ethyl adjacent to an activating group) is 1. The molecule has 1 saturated carbocycles. The molecule has 0 aromatic carbocycles. The van der Waals surface area contributed by atoms with Gasteiger partial charge in [-0.25, -0.2) is 0 Å². The van der Waals surface area contributed by atoms with Crippen LogP contribution in [0.1, 0.15) is 52.4 Å². The lowest BCUT2D eigenvalue weighted by molar-refractivity contribution is 0.0372. The summed E-state index contributed by atoms with van der Waals surface area (Å²) < 4.78 is 0. The molecule has 3 N–H and O–H groups in total. The number of aliphatic hydroxyl groups excluding tert-OH is 1. The second-order valence-electron chi connectivity index (χ2n) is 6.44. The number of rotatable bonds is 5. The number of hydrogen-bond acceptors (Lipinski definition) is 3. The molecule has 0 radical (unpaired) electrons. The van der Waals surface area contributed by atoms with Crippen molar-refractivity contribution in [1.82, 2.24) is 4.90 Å². The first-order chi connectivity index (χ1) is 7.96. The number of hydrogen-bond donors (Lipinski definition) is 2. The van der Waals surface area contributed by atoms with Gasteiger partial charge in [0.15, 0.2) is 0 Å². The fourth-order valence-electron chi connectivity index (χ4n) is 2.74.